The van der Waals surface area contributed by atoms with E-state index in [0.717, 1.165) is 16.7 Å². The van der Waals surface area contributed by atoms with E-state index in [1.54, 1.807) is 35.5 Å². The van der Waals surface area contributed by atoms with Crippen molar-refractivity contribution in [3.05, 3.63) is 118 Å². The number of pyridine rings is 1. The topological polar surface area (TPSA) is 72.6 Å². The van der Waals surface area contributed by atoms with Crippen LogP contribution in [0.1, 0.15) is 38.9 Å². The van der Waals surface area contributed by atoms with Crippen LogP contribution in [0.4, 0.5) is 0 Å². The molecule has 1 amide bonds. The zero-order chi connectivity index (χ0) is 22.9. The molecule has 0 bridgehead atoms. The van der Waals surface area contributed by atoms with E-state index in [0.29, 0.717) is 28.9 Å². The van der Waals surface area contributed by atoms with Gasteiger partial charge in [0.05, 0.1) is 17.0 Å². The minimum atomic E-state index is -0.610. The van der Waals surface area contributed by atoms with Crippen LogP contribution in [0.2, 0.25) is 0 Å². The van der Waals surface area contributed by atoms with Crippen LogP contribution in [0.5, 0.6) is 5.75 Å². The molecule has 0 saturated heterocycles. The van der Waals surface area contributed by atoms with Gasteiger partial charge in [0.2, 0.25) is 5.76 Å². The lowest BCUT2D eigenvalue weighted by Gasteiger charge is -2.25. The molecule has 164 valence electrons. The molecule has 5 rings (SSSR count). The summed E-state index contributed by atoms with van der Waals surface area (Å²) in [5, 5.41) is 0.467. The van der Waals surface area contributed by atoms with E-state index in [2.05, 4.69) is 11.6 Å². The summed E-state index contributed by atoms with van der Waals surface area (Å²) in [5.41, 5.74) is 3.13. The Bertz CT molecular complexity index is 1430. The van der Waals surface area contributed by atoms with Crippen molar-refractivity contribution < 1.29 is 13.9 Å². The summed E-state index contributed by atoms with van der Waals surface area (Å²) in [6.45, 7) is 6.25. The Morgan fingerprint density at radius 2 is 2.03 bits per heavy atom. The van der Waals surface area contributed by atoms with Crippen LogP contribution in [-0.4, -0.2) is 22.4 Å². The fourth-order valence-corrected chi connectivity index (χ4v) is 4.26. The Morgan fingerprint density at radius 3 is 2.82 bits per heavy atom. The standard InChI is InChI=1S/C27H22N2O4/c1-3-12-32-20-8-4-7-19(14-20)24-23-25(30)21-13-17(2)9-10-22(21)33-26(23)27(31)29(24)16-18-6-5-11-28-15-18/h3-11,13-15,24H,1,12,16H2,2H3. The molecule has 1 atom stereocenters. The van der Waals surface area contributed by atoms with Crippen LogP contribution >= 0.6 is 0 Å². The Kier molecular flexibility index (Phi) is 5.26. The molecule has 33 heavy (non-hydrogen) atoms. The molecular weight excluding hydrogens is 416 g/mol. The van der Waals surface area contributed by atoms with Gasteiger partial charge in [0.25, 0.3) is 5.91 Å². The molecule has 2 aromatic carbocycles. The van der Waals surface area contributed by atoms with E-state index in [1.165, 1.54) is 0 Å². The zero-order valence-corrected chi connectivity index (χ0v) is 18.2. The average Bonchev–Trinajstić information content (AvgIpc) is 3.11. The zero-order valence-electron chi connectivity index (χ0n) is 18.2. The smallest absolute Gasteiger partial charge is 0.291 e. The Morgan fingerprint density at radius 1 is 1.15 bits per heavy atom. The maximum atomic E-state index is 13.7. The van der Waals surface area contributed by atoms with E-state index in [1.807, 2.05) is 49.4 Å². The van der Waals surface area contributed by atoms with Crippen molar-refractivity contribution in [3.8, 4) is 5.75 Å². The highest BCUT2D eigenvalue weighted by atomic mass is 16.5. The average molecular weight is 438 g/mol. The van der Waals surface area contributed by atoms with Crippen molar-refractivity contribution in [3.63, 3.8) is 0 Å². The number of carbonyl (C=O) groups excluding carboxylic acids is 1. The molecule has 0 aliphatic carbocycles. The number of rotatable bonds is 6. The molecule has 0 fully saturated rings. The first-order valence-electron chi connectivity index (χ1n) is 10.7. The maximum absolute atomic E-state index is 13.7. The summed E-state index contributed by atoms with van der Waals surface area (Å²) in [6.07, 6.45) is 5.06. The van der Waals surface area contributed by atoms with Gasteiger partial charge in [-0.05, 0) is 48.4 Å². The monoisotopic (exact) mass is 438 g/mol. The molecule has 2 aromatic heterocycles. The second-order valence-corrected chi connectivity index (χ2v) is 8.04. The van der Waals surface area contributed by atoms with Crippen molar-refractivity contribution in [2.24, 2.45) is 0 Å². The second-order valence-electron chi connectivity index (χ2n) is 8.04. The lowest BCUT2D eigenvalue weighted by Crippen LogP contribution is -2.29. The van der Waals surface area contributed by atoms with Crippen molar-refractivity contribution in [2.75, 3.05) is 6.61 Å². The van der Waals surface area contributed by atoms with Gasteiger partial charge in [-0.2, -0.15) is 0 Å². The summed E-state index contributed by atoms with van der Waals surface area (Å²) < 4.78 is 11.7. The summed E-state index contributed by atoms with van der Waals surface area (Å²) in [7, 11) is 0. The first-order chi connectivity index (χ1) is 16.1. The van der Waals surface area contributed by atoms with Gasteiger partial charge >= 0.3 is 0 Å². The first kappa shape index (κ1) is 20.7. The molecule has 6 nitrogen and oxygen atoms in total. The summed E-state index contributed by atoms with van der Waals surface area (Å²) in [5.74, 6) is 0.397. The number of amides is 1. The molecule has 0 saturated carbocycles. The quantitative estimate of drug-likeness (QED) is 0.404. The third kappa shape index (κ3) is 3.69. The molecule has 0 N–H and O–H groups in total. The Hall–Kier alpha value is -4.19. The van der Waals surface area contributed by atoms with Crippen molar-refractivity contribution in [1.29, 1.82) is 0 Å². The van der Waals surface area contributed by atoms with Crippen molar-refractivity contribution >= 4 is 16.9 Å². The predicted molar refractivity (Wildman–Crippen MR) is 125 cm³/mol. The van der Waals surface area contributed by atoms with E-state index in [-0.39, 0.29) is 23.6 Å². The fraction of sp³-hybridized carbons (Fsp3) is 0.148. The lowest BCUT2D eigenvalue weighted by atomic mass is 9.97. The van der Waals surface area contributed by atoms with Crippen LogP contribution in [0.15, 0.2) is 88.9 Å². The molecule has 1 unspecified atom stereocenters. The molecule has 3 heterocycles. The molecule has 4 aromatic rings. The third-order valence-corrected chi connectivity index (χ3v) is 5.74. The lowest BCUT2D eigenvalue weighted by molar-refractivity contribution is 0.0714. The molecule has 1 aliphatic rings. The maximum Gasteiger partial charge on any atom is 0.291 e. The number of ether oxygens (including phenoxy) is 1. The molecule has 0 spiro atoms. The second kappa shape index (κ2) is 8.39. The number of carbonyl (C=O) groups is 1. The van der Waals surface area contributed by atoms with Crippen LogP contribution in [-0.2, 0) is 6.54 Å². The Labute approximate surface area is 190 Å². The van der Waals surface area contributed by atoms with Crippen LogP contribution in [0.25, 0.3) is 11.0 Å². The van der Waals surface area contributed by atoms with E-state index in [9.17, 15) is 9.59 Å². The van der Waals surface area contributed by atoms with Gasteiger partial charge in [-0.15, -0.1) is 0 Å². The molecule has 6 heteroatoms. The summed E-state index contributed by atoms with van der Waals surface area (Å²) in [6, 6.07) is 16.0. The minimum absolute atomic E-state index is 0.0858. The van der Waals surface area contributed by atoms with Gasteiger partial charge in [0.1, 0.15) is 17.9 Å². The Balaban J connectivity index is 1.70. The van der Waals surface area contributed by atoms with Gasteiger partial charge in [0.15, 0.2) is 5.43 Å². The van der Waals surface area contributed by atoms with Crippen LogP contribution in [0.3, 0.4) is 0 Å². The van der Waals surface area contributed by atoms with Crippen molar-refractivity contribution in [2.45, 2.75) is 19.5 Å². The van der Waals surface area contributed by atoms with E-state index < -0.39 is 6.04 Å². The molecular formula is C27H22N2O4. The van der Waals surface area contributed by atoms with Gasteiger partial charge in [-0.3, -0.25) is 14.6 Å². The number of nitrogens with zero attached hydrogens (tertiary/aromatic N) is 2. The number of benzene rings is 2. The number of hydrogen-bond donors (Lipinski definition) is 0. The van der Waals surface area contributed by atoms with Gasteiger partial charge in [-0.1, -0.05) is 42.5 Å². The highest BCUT2D eigenvalue weighted by molar-refractivity contribution is 5.99. The molecule has 0 radical (unpaired) electrons. The van der Waals surface area contributed by atoms with Gasteiger partial charge < -0.3 is 14.1 Å². The van der Waals surface area contributed by atoms with Gasteiger partial charge in [-0.25, -0.2) is 0 Å². The van der Waals surface area contributed by atoms with Crippen molar-refractivity contribution in [1.82, 2.24) is 9.88 Å². The van der Waals surface area contributed by atoms with Crippen LogP contribution in [0, 0.1) is 6.92 Å². The number of aryl methyl sites for hydroxylation is 1. The number of hydrogen-bond acceptors (Lipinski definition) is 5. The van der Waals surface area contributed by atoms with Gasteiger partial charge in [0, 0.05) is 18.9 Å². The summed E-state index contributed by atoms with van der Waals surface area (Å²) >= 11 is 0. The van der Waals surface area contributed by atoms with E-state index >= 15 is 0 Å². The fourth-order valence-electron chi connectivity index (χ4n) is 4.26. The minimum Gasteiger partial charge on any atom is -0.490 e. The largest absolute Gasteiger partial charge is 0.490 e. The first-order valence-corrected chi connectivity index (χ1v) is 10.7. The predicted octanol–water partition coefficient (Wildman–Crippen LogP) is 4.81. The number of fused-ring (bicyclic) bond motifs is 2. The highest BCUT2D eigenvalue weighted by Gasteiger charge is 2.42. The SMILES string of the molecule is C=CCOc1cccc(C2c3c(oc4ccc(C)cc4c3=O)C(=O)N2Cc2cccnc2)c1. The normalized spacial score (nSPS) is 15.0. The molecule has 1 aliphatic heterocycles. The number of aromatic nitrogens is 1. The highest BCUT2D eigenvalue weighted by Crippen LogP contribution is 2.40. The third-order valence-electron chi connectivity index (χ3n) is 5.74. The summed E-state index contributed by atoms with van der Waals surface area (Å²) in [4.78, 5) is 33.0. The van der Waals surface area contributed by atoms with Crippen LogP contribution < -0.4 is 10.2 Å². The van der Waals surface area contributed by atoms with E-state index in [4.69, 9.17) is 9.15 Å².